The maximum atomic E-state index is 11.5. The molecule has 0 saturated carbocycles. The number of anilines is 1. The van der Waals surface area contributed by atoms with Gasteiger partial charge in [0.1, 0.15) is 7.85 Å². The summed E-state index contributed by atoms with van der Waals surface area (Å²) < 4.78 is 0. The lowest BCUT2D eigenvalue weighted by atomic mass is 9.92. The Kier molecular flexibility index (Phi) is 3.74. The summed E-state index contributed by atoms with van der Waals surface area (Å²) in [7, 11) is 8.96. The second-order valence-electron chi connectivity index (χ2n) is 3.49. The highest BCUT2D eigenvalue weighted by Crippen LogP contribution is 2.13. The van der Waals surface area contributed by atoms with E-state index in [1.807, 2.05) is 5.48 Å². The molecule has 5 heteroatoms. The van der Waals surface area contributed by atoms with Gasteiger partial charge < -0.3 is 4.90 Å². The lowest BCUT2D eigenvalue weighted by molar-refractivity contribution is -0.127. The summed E-state index contributed by atoms with van der Waals surface area (Å²) in [6.45, 7) is 0. The van der Waals surface area contributed by atoms with Crippen molar-refractivity contribution < 1.29 is 10.0 Å². The van der Waals surface area contributed by atoms with Gasteiger partial charge in [0, 0.05) is 14.1 Å². The van der Waals surface area contributed by atoms with E-state index in [4.69, 9.17) is 13.1 Å². The summed E-state index contributed by atoms with van der Waals surface area (Å²) in [6, 6.07) is 4.95. The molecular formula is C10H13BN2O2. The van der Waals surface area contributed by atoms with Gasteiger partial charge in [0.2, 0.25) is 5.91 Å². The van der Waals surface area contributed by atoms with Gasteiger partial charge in [-0.25, -0.2) is 0 Å². The minimum absolute atomic E-state index is 0.0444. The van der Waals surface area contributed by atoms with Gasteiger partial charge in [-0.15, -0.1) is 0 Å². The molecule has 1 rings (SSSR count). The fourth-order valence-electron chi connectivity index (χ4n) is 1.19. The van der Waals surface area contributed by atoms with E-state index >= 15 is 0 Å². The van der Waals surface area contributed by atoms with Crippen LogP contribution in [-0.4, -0.2) is 38.0 Å². The number of rotatable bonds is 3. The molecule has 0 aromatic heterocycles. The molecular weight excluding hydrogens is 191 g/mol. The van der Waals surface area contributed by atoms with E-state index in [-0.39, 0.29) is 12.3 Å². The van der Waals surface area contributed by atoms with Crippen molar-refractivity contribution in [2.24, 2.45) is 0 Å². The van der Waals surface area contributed by atoms with E-state index in [0.29, 0.717) is 16.7 Å². The van der Waals surface area contributed by atoms with Gasteiger partial charge in [-0.05, 0) is 11.6 Å². The van der Waals surface area contributed by atoms with Crippen molar-refractivity contribution in [2.45, 2.75) is 6.42 Å². The fourth-order valence-corrected chi connectivity index (χ4v) is 1.19. The van der Waals surface area contributed by atoms with Crippen LogP contribution in [0, 0.1) is 0 Å². The zero-order chi connectivity index (χ0) is 11.4. The lowest BCUT2D eigenvalue weighted by Gasteiger charge is -2.13. The average Bonchev–Trinajstić information content (AvgIpc) is 2.18. The van der Waals surface area contributed by atoms with Crippen LogP contribution in [0.3, 0.4) is 0 Å². The van der Waals surface area contributed by atoms with E-state index in [1.165, 1.54) is 4.90 Å². The van der Waals surface area contributed by atoms with Crippen molar-refractivity contribution in [3.63, 3.8) is 0 Å². The first-order valence-corrected chi connectivity index (χ1v) is 4.53. The zero-order valence-electron chi connectivity index (χ0n) is 8.82. The van der Waals surface area contributed by atoms with Crippen LogP contribution in [0.4, 0.5) is 5.69 Å². The summed E-state index contributed by atoms with van der Waals surface area (Å²) in [6.07, 6.45) is 0.209. The molecule has 0 heterocycles. The van der Waals surface area contributed by atoms with Crippen molar-refractivity contribution in [2.75, 3.05) is 19.6 Å². The molecule has 0 aliphatic rings. The molecule has 15 heavy (non-hydrogen) atoms. The van der Waals surface area contributed by atoms with E-state index in [1.54, 1.807) is 32.3 Å². The largest absolute Gasteiger partial charge is 0.349 e. The maximum absolute atomic E-state index is 11.5. The van der Waals surface area contributed by atoms with Gasteiger partial charge >= 0.3 is 0 Å². The molecule has 0 aliphatic heterocycles. The van der Waals surface area contributed by atoms with Crippen molar-refractivity contribution in [1.82, 2.24) is 4.90 Å². The zero-order valence-corrected chi connectivity index (χ0v) is 8.82. The number of likely N-dealkylation sites (N-methyl/N-ethyl adjacent to an activating group) is 1. The highest BCUT2D eigenvalue weighted by atomic mass is 16.5. The third-order valence-corrected chi connectivity index (χ3v) is 2.09. The monoisotopic (exact) mass is 204 g/mol. The van der Waals surface area contributed by atoms with Crippen molar-refractivity contribution in [1.29, 1.82) is 0 Å². The first kappa shape index (κ1) is 11.6. The lowest BCUT2D eigenvalue weighted by Crippen LogP contribution is -2.24. The molecule has 1 aromatic rings. The summed E-state index contributed by atoms with van der Waals surface area (Å²) in [5.74, 6) is -0.0444. The van der Waals surface area contributed by atoms with Crippen LogP contribution in [0.25, 0.3) is 0 Å². The summed E-state index contributed by atoms with van der Waals surface area (Å²) >= 11 is 0. The van der Waals surface area contributed by atoms with Crippen LogP contribution in [0.1, 0.15) is 5.56 Å². The SMILES string of the molecule is [B]c1ccc(NO)c(CC(=O)N(C)C)c1. The molecule has 2 N–H and O–H groups in total. The topological polar surface area (TPSA) is 52.6 Å². The Balaban J connectivity index is 2.92. The van der Waals surface area contributed by atoms with Crippen molar-refractivity contribution >= 4 is 24.9 Å². The molecule has 1 aromatic carbocycles. The van der Waals surface area contributed by atoms with Gasteiger partial charge in [0.05, 0.1) is 12.1 Å². The Morgan fingerprint density at radius 3 is 2.73 bits per heavy atom. The molecule has 0 bridgehead atoms. The molecule has 1 amide bonds. The average molecular weight is 204 g/mol. The number of nitrogens with zero attached hydrogens (tertiary/aromatic N) is 1. The smallest absolute Gasteiger partial charge is 0.226 e. The van der Waals surface area contributed by atoms with Crippen LogP contribution < -0.4 is 10.9 Å². The number of hydrogen-bond acceptors (Lipinski definition) is 3. The van der Waals surface area contributed by atoms with E-state index in [9.17, 15) is 4.79 Å². The van der Waals surface area contributed by atoms with E-state index in [2.05, 4.69) is 0 Å². The number of nitrogens with one attached hydrogen (secondary N) is 1. The second-order valence-corrected chi connectivity index (χ2v) is 3.49. The number of carbonyl (C=O) groups is 1. The van der Waals surface area contributed by atoms with Crippen molar-refractivity contribution in [3.8, 4) is 0 Å². The standard InChI is InChI=1S/C10H13BN2O2/c1-13(2)10(14)6-7-5-8(11)3-4-9(7)12-15/h3-5,12,15H,6H2,1-2H3. The van der Waals surface area contributed by atoms with E-state index in [0.717, 1.165) is 0 Å². The van der Waals surface area contributed by atoms with Crippen LogP contribution in [-0.2, 0) is 11.2 Å². The van der Waals surface area contributed by atoms with Crippen LogP contribution in [0.15, 0.2) is 18.2 Å². The van der Waals surface area contributed by atoms with E-state index < -0.39 is 0 Å². The summed E-state index contributed by atoms with van der Waals surface area (Å²) in [4.78, 5) is 13.0. The predicted octanol–water partition coefficient (Wildman–Crippen LogP) is -0.0878. The van der Waals surface area contributed by atoms with Crippen molar-refractivity contribution in [3.05, 3.63) is 23.8 Å². The number of benzene rings is 1. The van der Waals surface area contributed by atoms with Gasteiger partial charge in [0.15, 0.2) is 0 Å². The Morgan fingerprint density at radius 1 is 1.53 bits per heavy atom. The molecule has 2 radical (unpaired) electrons. The fraction of sp³-hybridized carbons (Fsp3) is 0.300. The third-order valence-electron chi connectivity index (χ3n) is 2.09. The summed E-state index contributed by atoms with van der Waals surface area (Å²) in [5, 5.41) is 8.85. The Morgan fingerprint density at radius 2 is 2.20 bits per heavy atom. The summed E-state index contributed by atoms with van der Waals surface area (Å²) in [5.41, 5.74) is 3.78. The minimum Gasteiger partial charge on any atom is -0.349 e. The number of hydrogen-bond donors (Lipinski definition) is 2. The number of amides is 1. The molecule has 4 nitrogen and oxygen atoms in total. The highest BCUT2D eigenvalue weighted by molar-refractivity contribution is 6.32. The van der Waals surface area contributed by atoms with Gasteiger partial charge in [0.25, 0.3) is 0 Å². The molecule has 78 valence electrons. The highest BCUT2D eigenvalue weighted by Gasteiger charge is 2.09. The van der Waals surface area contributed by atoms with Gasteiger partial charge in [-0.2, -0.15) is 0 Å². The third kappa shape index (κ3) is 2.99. The molecule has 0 saturated heterocycles. The minimum atomic E-state index is -0.0444. The first-order valence-electron chi connectivity index (χ1n) is 4.53. The molecule has 0 spiro atoms. The molecule has 0 fully saturated rings. The Labute approximate surface area is 90.3 Å². The van der Waals surface area contributed by atoms with Crippen LogP contribution >= 0.6 is 0 Å². The maximum Gasteiger partial charge on any atom is 0.226 e. The molecule has 0 aliphatic carbocycles. The van der Waals surface area contributed by atoms with Gasteiger partial charge in [-0.1, -0.05) is 17.6 Å². The normalized spacial score (nSPS) is 9.80. The van der Waals surface area contributed by atoms with Gasteiger partial charge in [-0.3, -0.25) is 15.5 Å². The quantitative estimate of drug-likeness (QED) is 0.534. The Hall–Kier alpha value is -1.49. The predicted molar refractivity (Wildman–Crippen MR) is 59.6 cm³/mol. The molecule has 0 atom stereocenters. The number of carbonyl (C=O) groups excluding carboxylic acids is 1. The van der Waals surface area contributed by atoms with Crippen LogP contribution in [0.5, 0.6) is 0 Å². The first-order chi connectivity index (χ1) is 7.04. The molecule has 0 unspecified atom stereocenters. The second kappa shape index (κ2) is 4.84. The Bertz CT molecular complexity index is 366. The van der Waals surface area contributed by atoms with Crippen LogP contribution in [0.2, 0.25) is 0 Å².